The van der Waals surface area contributed by atoms with Crippen molar-refractivity contribution in [1.82, 2.24) is 0 Å². The van der Waals surface area contributed by atoms with Crippen LogP contribution < -0.4 is 4.74 Å². The van der Waals surface area contributed by atoms with Crippen LogP contribution in [0.2, 0.25) is 0 Å². The maximum Gasteiger partial charge on any atom is 0.125 e. The van der Waals surface area contributed by atoms with Gasteiger partial charge in [0.05, 0.1) is 18.2 Å². The van der Waals surface area contributed by atoms with Gasteiger partial charge in [-0.05, 0) is 56.4 Å². The van der Waals surface area contributed by atoms with Crippen LogP contribution in [0.15, 0.2) is 12.1 Å². The minimum Gasteiger partial charge on any atom is -0.493 e. The van der Waals surface area contributed by atoms with E-state index in [9.17, 15) is 0 Å². The Morgan fingerprint density at radius 1 is 1.11 bits per heavy atom. The summed E-state index contributed by atoms with van der Waals surface area (Å²) in [5.41, 5.74) is 2.71. The number of hydrogen-bond donors (Lipinski definition) is 1. The van der Waals surface area contributed by atoms with Gasteiger partial charge in [-0.2, -0.15) is 5.26 Å². The summed E-state index contributed by atoms with van der Waals surface area (Å²) in [6.45, 7) is 4.90. The number of aryl methyl sites for hydroxylation is 2. The number of aliphatic hydroxyl groups excluding tert-OH is 1. The van der Waals surface area contributed by atoms with Crippen LogP contribution in [0.5, 0.6) is 5.75 Å². The van der Waals surface area contributed by atoms with E-state index < -0.39 is 0 Å². The molecule has 1 N–H and O–H groups in total. The first-order valence-corrected chi connectivity index (χ1v) is 6.44. The fourth-order valence-electron chi connectivity index (χ4n) is 1.98. The average Bonchev–Trinajstić information content (AvgIpc) is 2.35. The largest absolute Gasteiger partial charge is 0.493 e. The summed E-state index contributed by atoms with van der Waals surface area (Å²) < 4.78 is 5.78. The van der Waals surface area contributed by atoms with Crippen molar-refractivity contribution in [2.75, 3.05) is 13.2 Å². The number of unbranched alkanes of at least 4 members (excludes halogenated alkanes) is 3. The molecule has 18 heavy (non-hydrogen) atoms. The summed E-state index contributed by atoms with van der Waals surface area (Å²) in [6.07, 6.45) is 3.99. The van der Waals surface area contributed by atoms with Crippen molar-refractivity contribution in [3.05, 3.63) is 28.8 Å². The molecule has 1 aromatic rings. The Morgan fingerprint density at radius 2 is 1.72 bits per heavy atom. The molecule has 0 unspecified atom stereocenters. The van der Waals surface area contributed by atoms with E-state index in [0.717, 1.165) is 42.6 Å². The smallest absolute Gasteiger partial charge is 0.125 e. The van der Waals surface area contributed by atoms with Gasteiger partial charge in [0, 0.05) is 6.61 Å². The molecule has 0 saturated heterocycles. The first kappa shape index (κ1) is 14.5. The first-order valence-electron chi connectivity index (χ1n) is 6.44. The third-order valence-electron chi connectivity index (χ3n) is 2.89. The van der Waals surface area contributed by atoms with Crippen molar-refractivity contribution in [3.8, 4) is 11.8 Å². The van der Waals surface area contributed by atoms with Crippen LogP contribution >= 0.6 is 0 Å². The molecule has 0 aromatic heterocycles. The Morgan fingerprint density at radius 3 is 2.28 bits per heavy atom. The lowest BCUT2D eigenvalue weighted by atomic mass is 10.1. The van der Waals surface area contributed by atoms with Crippen LogP contribution in [0.3, 0.4) is 0 Å². The minimum absolute atomic E-state index is 0.273. The van der Waals surface area contributed by atoms with Crippen molar-refractivity contribution in [3.63, 3.8) is 0 Å². The number of ether oxygens (including phenoxy) is 1. The quantitative estimate of drug-likeness (QED) is 0.753. The Kier molecular flexibility index (Phi) is 6.24. The van der Waals surface area contributed by atoms with Crippen LogP contribution in [0, 0.1) is 25.2 Å². The van der Waals surface area contributed by atoms with Crippen LogP contribution in [0.25, 0.3) is 0 Å². The fraction of sp³-hybridized carbons (Fsp3) is 0.533. The highest BCUT2D eigenvalue weighted by atomic mass is 16.5. The molecule has 0 atom stereocenters. The summed E-state index contributed by atoms with van der Waals surface area (Å²) >= 11 is 0. The molecule has 3 heteroatoms. The van der Waals surface area contributed by atoms with Crippen molar-refractivity contribution in [2.45, 2.75) is 39.5 Å². The van der Waals surface area contributed by atoms with Gasteiger partial charge in [0.15, 0.2) is 0 Å². The zero-order chi connectivity index (χ0) is 13.4. The van der Waals surface area contributed by atoms with Gasteiger partial charge in [-0.25, -0.2) is 0 Å². The lowest BCUT2D eigenvalue weighted by molar-refractivity contribution is 0.272. The van der Waals surface area contributed by atoms with E-state index in [1.807, 2.05) is 26.0 Å². The molecule has 0 radical (unpaired) electrons. The predicted octanol–water partition coefficient (Wildman–Crippen LogP) is 3.11. The van der Waals surface area contributed by atoms with Crippen LogP contribution in [-0.2, 0) is 0 Å². The number of hydrogen-bond acceptors (Lipinski definition) is 3. The zero-order valence-electron chi connectivity index (χ0n) is 11.2. The van der Waals surface area contributed by atoms with Gasteiger partial charge in [0.25, 0.3) is 0 Å². The maximum absolute atomic E-state index is 8.86. The number of nitriles is 1. The van der Waals surface area contributed by atoms with E-state index in [1.54, 1.807) is 0 Å². The SMILES string of the molecule is Cc1cc(C#N)cc(C)c1OCCCCCCO. The molecule has 3 nitrogen and oxygen atoms in total. The van der Waals surface area contributed by atoms with Gasteiger partial charge in [-0.3, -0.25) is 0 Å². The van der Waals surface area contributed by atoms with Gasteiger partial charge in [0.1, 0.15) is 5.75 Å². The Labute approximate surface area is 109 Å². The van der Waals surface area contributed by atoms with E-state index in [-0.39, 0.29) is 6.61 Å². The summed E-state index contributed by atoms with van der Waals surface area (Å²) in [6, 6.07) is 5.86. The van der Waals surface area contributed by atoms with Gasteiger partial charge in [-0.15, -0.1) is 0 Å². The Bertz CT molecular complexity index is 398. The van der Waals surface area contributed by atoms with Crippen LogP contribution in [-0.4, -0.2) is 18.3 Å². The van der Waals surface area contributed by atoms with E-state index >= 15 is 0 Å². The highest BCUT2D eigenvalue weighted by molar-refractivity contribution is 5.47. The lowest BCUT2D eigenvalue weighted by Crippen LogP contribution is -2.01. The zero-order valence-corrected chi connectivity index (χ0v) is 11.2. The molecule has 98 valence electrons. The van der Waals surface area contributed by atoms with Gasteiger partial charge in [0.2, 0.25) is 0 Å². The first-order chi connectivity index (χ1) is 8.69. The van der Waals surface area contributed by atoms with Gasteiger partial charge >= 0.3 is 0 Å². The second-order valence-electron chi connectivity index (χ2n) is 4.54. The number of benzene rings is 1. The molecule has 0 fully saturated rings. The molecule has 0 bridgehead atoms. The van der Waals surface area contributed by atoms with E-state index in [2.05, 4.69) is 6.07 Å². The van der Waals surface area contributed by atoms with Gasteiger partial charge in [-0.1, -0.05) is 6.42 Å². The minimum atomic E-state index is 0.273. The van der Waals surface area contributed by atoms with Gasteiger partial charge < -0.3 is 9.84 Å². The molecule has 0 aliphatic rings. The van der Waals surface area contributed by atoms with Crippen molar-refractivity contribution in [2.24, 2.45) is 0 Å². The summed E-state index contributed by atoms with van der Waals surface area (Å²) in [7, 11) is 0. The molecule has 0 amide bonds. The third-order valence-corrected chi connectivity index (χ3v) is 2.89. The number of nitrogens with zero attached hydrogens (tertiary/aromatic N) is 1. The average molecular weight is 247 g/mol. The topological polar surface area (TPSA) is 53.2 Å². The van der Waals surface area contributed by atoms with E-state index in [1.165, 1.54) is 0 Å². The van der Waals surface area contributed by atoms with Crippen molar-refractivity contribution >= 4 is 0 Å². The third kappa shape index (κ3) is 4.38. The molecule has 0 aliphatic heterocycles. The van der Waals surface area contributed by atoms with Crippen LogP contribution in [0.4, 0.5) is 0 Å². The summed E-state index contributed by atoms with van der Waals surface area (Å²) in [4.78, 5) is 0. The Balaban J connectivity index is 2.45. The molecule has 0 spiro atoms. The fourth-order valence-corrected chi connectivity index (χ4v) is 1.98. The maximum atomic E-state index is 8.86. The number of aliphatic hydroxyl groups is 1. The molecule has 0 aliphatic carbocycles. The molecule has 0 heterocycles. The summed E-state index contributed by atoms with van der Waals surface area (Å²) in [5, 5.41) is 17.5. The predicted molar refractivity (Wildman–Crippen MR) is 71.7 cm³/mol. The van der Waals surface area contributed by atoms with E-state index in [4.69, 9.17) is 15.1 Å². The lowest BCUT2D eigenvalue weighted by Gasteiger charge is -2.12. The molecular weight excluding hydrogens is 226 g/mol. The molecule has 0 saturated carbocycles. The summed E-state index contributed by atoms with van der Waals surface area (Å²) in [5.74, 6) is 0.899. The molecule has 1 rings (SSSR count). The standard InChI is InChI=1S/C15H21NO2/c1-12-9-14(11-16)10-13(2)15(12)18-8-6-4-3-5-7-17/h9-10,17H,3-8H2,1-2H3. The van der Waals surface area contributed by atoms with Crippen LogP contribution in [0.1, 0.15) is 42.4 Å². The monoisotopic (exact) mass is 247 g/mol. The number of rotatable bonds is 7. The highest BCUT2D eigenvalue weighted by Gasteiger charge is 2.06. The normalized spacial score (nSPS) is 10.1. The second-order valence-corrected chi connectivity index (χ2v) is 4.54. The molecule has 1 aromatic carbocycles. The second kappa shape index (κ2) is 7.73. The Hall–Kier alpha value is -1.53. The van der Waals surface area contributed by atoms with Crippen molar-refractivity contribution in [1.29, 1.82) is 5.26 Å². The van der Waals surface area contributed by atoms with E-state index in [0.29, 0.717) is 12.2 Å². The van der Waals surface area contributed by atoms with Crippen molar-refractivity contribution < 1.29 is 9.84 Å². The highest BCUT2D eigenvalue weighted by Crippen LogP contribution is 2.24. The molecular formula is C15H21NO2.